The fourth-order valence-corrected chi connectivity index (χ4v) is 5.06. The molecule has 3 aliphatic heterocycles. The number of rotatable bonds is 8. The van der Waals surface area contributed by atoms with Crippen molar-refractivity contribution in [3.8, 4) is 11.5 Å². The number of hydrogen-bond donors (Lipinski definition) is 1. The van der Waals surface area contributed by atoms with Gasteiger partial charge < -0.3 is 19.7 Å². The third-order valence-electron chi connectivity index (χ3n) is 6.74. The van der Waals surface area contributed by atoms with Gasteiger partial charge >= 0.3 is 0 Å². The average Bonchev–Trinajstić information content (AvgIpc) is 2.74. The smallest absolute Gasteiger partial charge is 0.227 e. The van der Waals surface area contributed by atoms with Gasteiger partial charge in [-0.05, 0) is 68.3 Å². The van der Waals surface area contributed by atoms with Crippen LogP contribution in [0.25, 0.3) is 0 Å². The molecule has 3 unspecified atom stereocenters. The summed E-state index contributed by atoms with van der Waals surface area (Å²) >= 11 is 0. The molecule has 4 rings (SSSR count). The molecule has 160 valence electrons. The van der Waals surface area contributed by atoms with Crippen molar-refractivity contribution in [2.75, 3.05) is 26.3 Å². The van der Waals surface area contributed by atoms with Crippen LogP contribution in [0.5, 0.6) is 11.5 Å². The average molecular weight is 401 g/mol. The molecule has 1 N–H and O–H groups in total. The summed E-state index contributed by atoms with van der Waals surface area (Å²) in [6.45, 7) is 7.64. The monoisotopic (exact) mass is 400 g/mol. The van der Waals surface area contributed by atoms with E-state index in [0.717, 1.165) is 82.6 Å². The minimum atomic E-state index is 0.163. The number of hydrogen-bond acceptors (Lipinski definition) is 4. The van der Waals surface area contributed by atoms with Crippen molar-refractivity contribution in [3.63, 3.8) is 0 Å². The third kappa shape index (κ3) is 4.25. The summed E-state index contributed by atoms with van der Waals surface area (Å²) in [5.41, 5.74) is 2.59. The van der Waals surface area contributed by atoms with Crippen molar-refractivity contribution in [3.05, 3.63) is 23.3 Å². The molecular formula is C24H36N2O3. The van der Waals surface area contributed by atoms with Crippen LogP contribution in [0.3, 0.4) is 0 Å². The molecule has 29 heavy (non-hydrogen) atoms. The van der Waals surface area contributed by atoms with Gasteiger partial charge in [0, 0.05) is 12.6 Å². The van der Waals surface area contributed by atoms with E-state index in [9.17, 15) is 4.79 Å². The Bertz CT molecular complexity index is 720. The lowest BCUT2D eigenvalue weighted by Crippen LogP contribution is -2.57. The maximum absolute atomic E-state index is 13.2. The lowest BCUT2D eigenvalue weighted by atomic mass is 9.77. The number of carbonyl (C=O) groups is 1. The van der Waals surface area contributed by atoms with E-state index in [-0.39, 0.29) is 12.0 Å². The van der Waals surface area contributed by atoms with Crippen LogP contribution in [0, 0.1) is 5.92 Å². The first-order chi connectivity index (χ1) is 14.2. The third-order valence-corrected chi connectivity index (χ3v) is 6.74. The molecule has 3 atom stereocenters. The van der Waals surface area contributed by atoms with Gasteiger partial charge in [-0.2, -0.15) is 0 Å². The highest BCUT2D eigenvalue weighted by molar-refractivity contribution is 5.82. The summed E-state index contributed by atoms with van der Waals surface area (Å²) in [7, 11) is 0. The fraction of sp³-hybridized carbons (Fsp3) is 0.708. The summed E-state index contributed by atoms with van der Waals surface area (Å²) in [5.74, 6) is 2.23. The lowest BCUT2D eigenvalue weighted by Gasteiger charge is -2.48. The van der Waals surface area contributed by atoms with E-state index >= 15 is 0 Å². The number of nitrogens with one attached hydrogen (secondary N) is 1. The van der Waals surface area contributed by atoms with Crippen molar-refractivity contribution in [1.29, 1.82) is 0 Å². The zero-order chi connectivity index (χ0) is 20.2. The highest BCUT2D eigenvalue weighted by Gasteiger charge is 2.45. The minimum Gasteiger partial charge on any atom is -0.490 e. The molecule has 1 aromatic rings. The number of carbonyl (C=O) groups excluding carboxylic acids is 1. The van der Waals surface area contributed by atoms with E-state index in [1.165, 1.54) is 11.1 Å². The molecule has 5 heteroatoms. The topological polar surface area (TPSA) is 50.8 Å². The second-order valence-electron chi connectivity index (χ2n) is 8.74. The number of ether oxygens (including phenoxy) is 2. The Morgan fingerprint density at radius 3 is 2.55 bits per heavy atom. The first-order valence-electron chi connectivity index (χ1n) is 11.7. The van der Waals surface area contributed by atoms with Gasteiger partial charge in [0.25, 0.3) is 0 Å². The Hall–Kier alpha value is -1.75. The predicted octanol–water partition coefficient (Wildman–Crippen LogP) is 4.24. The molecule has 3 aliphatic rings. The van der Waals surface area contributed by atoms with Crippen LogP contribution in [0.1, 0.15) is 76.0 Å². The number of amides is 1. The summed E-state index contributed by atoms with van der Waals surface area (Å²) in [6, 6.07) is 4.85. The van der Waals surface area contributed by atoms with Gasteiger partial charge in [0.1, 0.15) is 0 Å². The van der Waals surface area contributed by atoms with Crippen LogP contribution in [-0.4, -0.2) is 43.2 Å². The van der Waals surface area contributed by atoms with Crippen molar-refractivity contribution >= 4 is 5.91 Å². The van der Waals surface area contributed by atoms with Crippen LogP contribution in [-0.2, 0) is 11.2 Å². The normalized spacial score (nSPS) is 25.8. The summed E-state index contributed by atoms with van der Waals surface area (Å²) in [6.07, 6.45) is 8.36. The van der Waals surface area contributed by atoms with Crippen LogP contribution in [0.2, 0.25) is 0 Å². The van der Waals surface area contributed by atoms with E-state index in [1.54, 1.807) is 0 Å². The zero-order valence-corrected chi connectivity index (χ0v) is 18.0. The molecule has 3 heterocycles. The Balaban J connectivity index is 1.61. The SMILES string of the molecule is CCCCOc1cc2c(cc1OCCCC)C1CC3NCCCC3C(=O)N1CC2. The number of unbranched alkanes of at least 4 members (excludes halogenated alkanes) is 2. The quantitative estimate of drug-likeness (QED) is 0.663. The van der Waals surface area contributed by atoms with Crippen LogP contribution in [0.15, 0.2) is 12.1 Å². The highest BCUT2D eigenvalue weighted by Crippen LogP contribution is 2.44. The minimum absolute atomic E-state index is 0.163. The van der Waals surface area contributed by atoms with Crippen molar-refractivity contribution < 1.29 is 14.3 Å². The number of benzene rings is 1. The maximum atomic E-state index is 13.2. The Morgan fingerprint density at radius 1 is 1.10 bits per heavy atom. The molecule has 0 radical (unpaired) electrons. The zero-order valence-electron chi connectivity index (χ0n) is 18.0. The standard InChI is InChI=1S/C24H36N2O3/c1-3-5-12-28-22-14-17-9-11-26-21(19(17)15-23(22)29-13-6-4-2)16-20-18(24(26)27)8-7-10-25-20/h14-15,18,20-21,25H,3-13,16H2,1-2H3. The van der Waals surface area contributed by atoms with Gasteiger partial charge in [0.05, 0.1) is 25.2 Å². The van der Waals surface area contributed by atoms with Gasteiger partial charge in [-0.15, -0.1) is 0 Å². The number of piperidine rings is 2. The largest absolute Gasteiger partial charge is 0.490 e. The van der Waals surface area contributed by atoms with Crippen LogP contribution >= 0.6 is 0 Å². The van der Waals surface area contributed by atoms with E-state index in [2.05, 4.69) is 36.2 Å². The fourth-order valence-electron chi connectivity index (χ4n) is 5.06. The molecule has 2 fully saturated rings. The van der Waals surface area contributed by atoms with E-state index < -0.39 is 0 Å². The van der Waals surface area contributed by atoms with Gasteiger partial charge in [-0.25, -0.2) is 0 Å². The molecular weight excluding hydrogens is 364 g/mol. The molecule has 0 aliphatic carbocycles. The molecule has 1 aromatic carbocycles. The Labute approximate surface area is 175 Å². The molecule has 2 saturated heterocycles. The molecule has 0 spiro atoms. The van der Waals surface area contributed by atoms with Crippen LogP contribution in [0.4, 0.5) is 0 Å². The van der Waals surface area contributed by atoms with E-state index in [4.69, 9.17) is 9.47 Å². The van der Waals surface area contributed by atoms with Gasteiger partial charge in [0.2, 0.25) is 5.91 Å². The summed E-state index contributed by atoms with van der Waals surface area (Å²) in [4.78, 5) is 15.3. The molecule has 0 saturated carbocycles. The predicted molar refractivity (Wildman–Crippen MR) is 115 cm³/mol. The maximum Gasteiger partial charge on any atom is 0.227 e. The van der Waals surface area contributed by atoms with Crippen molar-refractivity contribution in [2.24, 2.45) is 5.92 Å². The Kier molecular flexibility index (Phi) is 6.63. The van der Waals surface area contributed by atoms with E-state index in [1.807, 2.05) is 0 Å². The van der Waals surface area contributed by atoms with Gasteiger partial charge in [-0.3, -0.25) is 4.79 Å². The second-order valence-corrected chi connectivity index (χ2v) is 8.74. The van der Waals surface area contributed by atoms with E-state index in [0.29, 0.717) is 18.6 Å². The highest BCUT2D eigenvalue weighted by atomic mass is 16.5. The Morgan fingerprint density at radius 2 is 1.83 bits per heavy atom. The van der Waals surface area contributed by atoms with Gasteiger partial charge in [-0.1, -0.05) is 26.7 Å². The molecule has 1 amide bonds. The first kappa shape index (κ1) is 20.5. The molecule has 5 nitrogen and oxygen atoms in total. The summed E-state index contributed by atoms with van der Waals surface area (Å²) in [5, 5.41) is 3.61. The van der Waals surface area contributed by atoms with Crippen LogP contribution < -0.4 is 14.8 Å². The lowest BCUT2D eigenvalue weighted by molar-refractivity contribution is -0.145. The molecule has 0 bridgehead atoms. The van der Waals surface area contributed by atoms with Crippen molar-refractivity contribution in [2.45, 2.75) is 77.3 Å². The first-order valence-corrected chi connectivity index (χ1v) is 11.7. The number of nitrogens with zero attached hydrogens (tertiary/aromatic N) is 1. The van der Waals surface area contributed by atoms with Crippen molar-refractivity contribution in [1.82, 2.24) is 10.2 Å². The second kappa shape index (κ2) is 9.38. The number of fused-ring (bicyclic) bond motifs is 4. The summed E-state index contributed by atoms with van der Waals surface area (Å²) < 4.78 is 12.2. The molecule has 0 aromatic heterocycles. The van der Waals surface area contributed by atoms with Gasteiger partial charge in [0.15, 0.2) is 11.5 Å².